The molecule has 5 rings (SSSR count). The lowest BCUT2D eigenvalue weighted by molar-refractivity contribution is 0.0532. The van der Waals surface area contributed by atoms with Crippen LogP contribution in [0.2, 0.25) is 0 Å². The predicted molar refractivity (Wildman–Crippen MR) is 137 cm³/mol. The quantitative estimate of drug-likeness (QED) is 0.335. The average molecular weight is 502 g/mol. The zero-order valence-corrected chi connectivity index (χ0v) is 21.4. The largest absolute Gasteiger partial charge is 0.361 e. The molecule has 1 aromatic carbocycles. The summed E-state index contributed by atoms with van der Waals surface area (Å²) in [5.74, 6) is 2.61. The van der Waals surface area contributed by atoms with Gasteiger partial charge >= 0.3 is 0 Å². The van der Waals surface area contributed by atoms with Crippen LogP contribution in [0, 0.1) is 20.8 Å². The van der Waals surface area contributed by atoms with Crippen LogP contribution in [0.3, 0.4) is 0 Å². The minimum absolute atomic E-state index is 0.0232. The molecule has 13 heteroatoms. The predicted octanol–water partition coefficient (Wildman–Crippen LogP) is 3.06. The highest BCUT2D eigenvalue weighted by atomic mass is 16.6. The molecule has 190 valence electrons. The van der Waals surface area contributed by atoms with Crippen molar-refractivity contribution in [2.45, 2.75) is 33.7 Å². The number of benzene rings is 1. The molecule has 0 saturated carbocycles. The number of para-hydroxylation sites is 1. The molecule has 1 atom stereocenters. The smallest absolute Gasteiger partial charge is 0.297 e. The molecule has 1 aliphatic rings. The van der Waals surface area contributed by atoms with Gasteiger partial charge in [0.25, 0.3) is 5.91 Å². The zero-order valence-electron chi connectivity index (χ0n) is 21.4. The lowest BCUT2D eigenvalue weighted by Crippen LogP contribution is -2.31. The molecule has 1 unspecified atom stereocenters. The van der Waals surface area contributed by atoms with E-state index in [1.807, 2.05) is 50.7 Å². The fourth-order valence-corrected chi connectivity index (χ4v) is 4.33. The normalized spacial score (nSPS) is 14.1. The Bertz CT molecular complexity index is 1480. The first-order chi connectivity index (χ1) is 17.7. The molecule has 1 amide bonds. The third-order valence-corrected chi connectivity index (χ3v) is 5.98. The van der Waals surface area contributed by atoms with Crippen molar-refractivity contribution in [3.8, 4) is 5.69 Å². The number of hydrogen-bond donors (Lipinski definition) is 3. The van der Waals surface area contributed by atoms with Crippen molar-refractivity contribution in [3.05, 3.63) is 59.2 Å². The summed E-state index contributed by atoms with van der Waals surface area (Å²) in [5, 5.41) is 19.5. The van der Waals surface area contributed by atoms with Crippen LogP contribution in [0.15, 0.2) is 30.3 Å². The van der Waals surface area contributed by atoms with Crippen LogP contribution < -0.4 is 21.0 Å². The molecule has 0 radical (unpaired) electrons. The average Bonchev–Trinajstić information content (AvgIpc) is 3.24. The van der Waals surface area contributed by atoms with Crippen molar-refractivity contribution in [1.82, 2.24) is 40.4 Å². The summed E-state index contributed by atoms with van der Waals surface area (Å²) in [6.07, 6.45) is 0. The van der Waals surface area contributed by atoms with E-state index in [0.717, 1.165) is 28.6 Å². The first-order valence-electron chi connectivity index (χ1n) is 11.6. The van der Waals surface area contributed by atoms with Crippen molar-refractivity contribution >= 4 is 34.6 Å². The Labute approximate surface area is 213 Å². The van der Waals surface area contributed by atoms with Crippen molar-refractivity contribution < 1.29 is 9.63 Å². The Morgan fingerprint density at radius 1 is 0.973 bits per heavy atom. The Balaban J connectivity index is 1.58. The highest BCUT2D eigenvalue weighted by molar-refractivity contribution is 5.99. The lowest BCUT2D eigenvalue weighted by Gasteiger charge is -2.34. The van der Waals surface area contributed by atoms with Gasteiger partial charge in [0.2, 0.25) is 0 Å². The number of rotatable bonds is 6. The van der Waals surface area contributed by atoms with E-state index in [2.05, 4.69) is 58.2 Å². The third-order valence-electron chi connectivity index (χ3n) is 5.98. The second kappa shape index (κ2) is 9.43. The first-order valence-corrected chi connectivity index (χ1v) is 11.6. The third kappa shape index (κ3) is 4.51. The molecule has 4 heterocycles. The Kier molecular flexibility index (Phi) is 6.13. The molecule has 3 N–H and O–H groups in total. The van der Waals surface area contributed by atoms with Gasteiger partial charge in [-0.05, 0) is 39.8 Å². The van der Waals surface area contributed by atoms with Crippen LogP contribution in [-0.4, -0.2) is 55.0 Å². The minimum Gasteiger partial charge on any atom is -0.361 e. The van der Waals surface area contributed by atoms with Gasteiger partial charge in [-0.25, -0.2) is 25.1 Å². The van der Waals surface area contributed by atoms with Crippen molar-refractivity contribution in [3.63, 3.8) is 0 Å². The van der Waals surface area contributed by atoms with Crippen molar-refractivity contribution in [2.75, 3.05) is 29.7 Å². The van der Waals surface area contributed by atoms with Crippen LogP contribution in [0.25, 0.3) is 5.69 Å². The number of fused-ring (bicyclic) bond motifs is 3. The van der Waals surface area contributed by atoms with Gasteiger partial charge in [-0.3, -0.25) is 9.63 Å². The Hall–Kier alpha value is -4.65. The Morgan fingerprint density at radius 2 is 1.78 bits per heavy atom. The molecule has 4 aromatic rings. The highest BCUT2D eigenvalue weighted by Crippen LogP contribution is 2.42. The molecule has 0 spiro atoms. The Morgan fingerprint density at radius 3 is 2.54 bits per heavy atom. The second-order valence-electron chi connectivity index (χ2n) is 8.71. The van der Waals surface area contributed by atoms with Gasteiger partial charge in [-0.15, -0.1) is 10.2 Å². The van der Waals surface area contributed by atoms with Gasteiger partial charge in [-0.2, -0.15) is 5.10 Å². The fraction of sp³-hybridized carbons (Fsp3) is 0.292. The van der Waals surface area contributed by atoms with E-state index in [9.17, 15) is 4.79 Å². The van der Waals surface area contributed by atoms with Crippen LogP contribution in [0.4, 0.5) is 28.7 Å². The molecule has 13 nitrogen and oxygen atoms in total. The van der Waals surface area contributed by atoms with E-state index in [1.165, 1.54) is 7.11 Å². The molecule has 0 bridgehead atoms. The van der Waals surface area contributed by atoms with E-state index >= 15 is 0 Å². The van der Waals surface area contributed by atoms with Crippen LogP contribution in [0.1, 0.15) is 46.6 Å². The summed E-state index contributed by atoms with van der Waals surface area (Å²) in [7, 11) is 3.36. The SMILES string of the molecule is CONC(=O)c1nnc(Nc2cc(C)nc(C)n2)cc1Nc1cccc2c1N(C)C(C)c1nc(C)nn1-2. The summed E-state index contributed by atoms with van der Waals surface area (Å²) in [6.45, 7) is 7.64. The summed E-state index contributed by atoms with van der Waals surface area (Å²) >= 11 is 0. The van der Waals surface area contributed by atoms with Gasteiger partial charge < -0.3 is 15.5 Å². The number of aromatic nitrogens is 7. The van der Waals surface area contributed by atoms with Gasteiger partial charge in [0, 0.05) is 24.9 Å². The summed E-state index contributed by atoms with van der Waals surface area (Å²) < 4.78 is 1.86. The van der Waals surface area contributed by atoms with Gasteiger partial charge in [0.15, 0.2) is 17.3 Å². The first kappa shape index (κ1) is 24.1. The number of nitrogens with one attached hydrogen (secondary N) is 3. The molecule has 0 aliphatic carbocycles. The maximum Gasteiger partial charge on any atom is 0.297 e. The number of hydrogen-bond acceptors (Lipinski definition) is 11. The van der Waals surface area contributed by atoms with Crippen LogP contribution in [-0.2, 0) is 4.84 Å². The lowest BCUT2D eigenvalue weighted by atomic mass is 10.1. The molecule has 0 saturated heterocycles. The number of carbonyl (C=O) groups excluding carboxylic acids is 1. The number of amides is 1. The maximum absolute atomic E-state index is 12.7. The fourth-order valence-electron chi connectivity index (χ4n) is 4.33. The van der Waals surface area contributed by atoms with E-state index < -0.39 is 5.91 Å². The molecule has 1 aliphatic heterocycles. The second-order valence-corrected chi connectivity index (χ2v) is 8.71. The molecular formula is C24H27N11O2. The van der Waals surface area contributed by atoms with E-state index in [4.69, 9.17) is 4.84 Å². The molecular weight excluding hydrogens is 474 g/mol. The summed E-state index contributed by atoms with van der Waals surface area (Å²) in [6, 6.07) is 9.30. The van der Waals surface area contributed by atoms with Crippen LogP contribution >= 0.6 is 0 Å². The van der Waals surface area contributed by atoms with Gasteiger partial charge in [-0.1, -0.05) is 6.07 Å². The maximum atomic E-state index is 12.7. The number of nitrogens with zero attached hydrogens (tertiary/aromatic N) is 8. The van der Waals surface area contributed by atoms with Crippen molar-refractivity contribution in [2.24, 2.45) is 0 Å². The molecule has 0 fully saturated rings. The minimum atomic E-state index is -0.543. The van der Waals surface area contributed by atoms with Gasteiger partial charge in [0.1, 0.15) is 17.5 Å². The topological polar surface area (TPSA) is 148 Å². The zero-order chi connectivity index (χ0) is 26.3. The van der Waals surface area contributed by atoms with E-state index in [1.54, 1.807) is 12.1 Å². The highest BCUT2D eigenvalue weighted by Gasteiger charge is 2.31. The summed E-state index contributed by atoms with van der Waals surface area (Å²) in [4.78, 5) is 33.0. The number of carbonyl (C=O) groups is 1. The van der Waals surface area contributed by atoms with E-state index in [-0.39, 0.29) is 11.7 Å². The monoisotopic (exact) mass is 501 g/mol. The molecule has 37 heavy (non-hydrogen) atoms. The number of anilines is 5. The van der Waals surface area contributed by atoms with E-state index in [0.29, 0.717) is 29.0 Å². The summed E-state index contributed by atoms with van der Waals surface area (Å²) in [5.41, 5.74) is 6.13. The van der Waals surface area contributed by atoms with Crippen molar-refractivity contribution in [1.29, 1.82) is 0 Å². The van der Waals surface area contributed by atoms with Crippen LogP contribution in [0.5, 0.6) is 0 Å². The molecule has 3 aromatic heterocycles. The van der Waals surface area contributed by atoms with Gasteiger partial charge in [0.05, 0.1) is 35.9 Å². The number of aryl methyl sites for hydroxylation is 3. The number of hydroxylamine groups is 1. The standard InChI is InChI=1S/C24H27N11O2/c1-12-10-19(26-14(3)25-12)29-20-11-17(21(31-30-20)24(36)33-37-6)28-16-8-7-9-18-22(16)34(5)13(2)23-27-15(4)32-35(18)23/h7-11,13H,1-6H3,(H,33,36)(H2,25,26,28,29,30).